The minimum absolute atomic E-state index is 0.174. The fraction of sp³-hybridized carbons (Fsp3) is 0.217. The topological polar surface area (TPSA) is 89.7 Å². The van der Waals surface area contributed by atoms with Crippen LogP contribution in [0.3, 0.4) is 0 Å². The lowest BCUT2D eigenvalue weighted by molar-refractivity contribution is 0.0680. The predicted octanol–water partition coefficient (Wildman–Crippen LogP) is 3.63. The zero-order valence-electron chi connectivity index (χ0n) is 18.1. The summed E-state index contributed by atoms with van der Waals surface area (Å²) in [5, 5.41) is 12.4. The van der Waals surface area contributed by atoms with Crippen LogP contribution in [0.4, 0.5) is 8.78 Å². The van der Waals surface area contributed by atoms with Crippen LogP contribution in [0.5, 0.6) is 0 Å². The molecule has 0 saturated carbocycles. The normalized spacial score (nSPS) is 11.9. The van der Waals surface area contributed by atoms with E-state index in [1.54, 1.807) is 35.5 Å². The van der Waals surface area contributed by atoms with Crippen molar-refractivity contribution < 1.29 is 13.6 Å². The molecule has 2 aromatic carbocycles. The molecule has 1 atom stereocenters. The van der Waals surface area contributed by atoms with Gasteiger partial charge in [0.15, 0.2) is 5.82 Å². The molecule has 1 unspecified atom stereocenters. The van der Waals surface area contributed by atoms with Crippen LogP contribution in [0.25, 0.3) is 22.8 Å². The first kappa shape index (κ1) is 22.1. The molecule has 2 heterocycles. The molecule has 0 saturated heterocycles. The first-order chi connectivity index (χ1) is 16.0. The second-order valence-corrected chi connectivity index (χ2v) is 7.38. The van der Waals surface area contributed by atoms with Gasteiger partial charge in [-0.05, 0) is 67.6 Å². The fourth-order valence-corrected chi connectivity index (χ4v) is 3.51. The van der Waals surface area contributed by atoms with E-state index in [0.717, 1.165) is 0 Å². The lowest BCUT2D eigenvalue weighted by Crippen LogP contribution is -2.41. The molecule has 33 heavy (non-hydrogen) atoms. The summed E-state index contributed by atoms with van der Waals surface area (Å²) in [5.74, 6) is -0.541. The minimum Gasteiger partial charge on any atom is -0.334 e. The van der Waals surface area contributed by atoms with Gasteiger partial charge < -0.3 is 4.90 Å². The molecule has 4 aromatic rings. The Bertz CT molecular complexity index is 1250. The van der Waals surface area contributed by atoms with Crippen LogP contribution in [0.15, 0.2) is 60.9 Å². The number of nitrogens with zero attached hydrogens (tertiary/aromatic N) is 7. The van der Waals surface area contributed by atoms with E-state index in [-0.39, 0.29) is 29.9 Å². The number of tetrazole rings is 1. The maximum atomic E-state index is 14.1. The molecule has 168 valence electrons. The van der Waals surface area contributed by atoms with E-state index in [9.17, 15) is 13.6 Å². The zero-order valence-corrected chi connectivity index (χ0v) is 18.1. The Morgan fingerprint density at radius 1 is 1.03 bits per heavy atom. The van der Waals surface area contributed by atoms with Gasteiger partial charge >= 0.3 is 0 Å². The van der Waals surface area contributed by atoms with Crippen molar-refractivity contribution in [1.82, 2.24) is 35.1 Å². The van der Waals surface area contributed by atoms with Gasteiger partial charge in [-0.2, -0.15) is 4.80 Å². The maximum Gasteiger partial charge on any atom is 0.255 e. The summed E-state index contributed by atoms with van der Waals surface area (Å²) in [7, 11) is 0. The van der Waals surface area contributed by atoms with E-state index in [2.05, 4.69) is 25.4 Å². The van der Waals surface area contributed by atoms with Gasteiger partial charge in [-0.1, -0.05) is 0 Å². The highest BCUT2D eigenvalue weighted by Gasteiger charge is 2.25. The second kappa shape index (κ2) is 9.60. The van der Waals surface area contributed by atoms with Gasteiger partial charge in [0.25, 0.3) is 5.91 Å². The van der Waals surface area contributed by atoms with Crippen molar-refractivity contribution in [3.8, 4) is 22.8 Å². The zero-order chi connectivity index (χ0) is 23.4. The Labute approximate surface area is 188 Å². The van der Waals surface area contributed by atoms with Crippen molar-refractivity contribution >= 4 is 5.91 Å². The van der Waals surface area contributed by atoms with Crippen LogP contribution in [0.2, 0.25) is 0 Å². The molecule has 0 radical (unpaired) electrons. The lowest BCUT2D eigenvalue weighted by Gasteiger charge is -2.28. The molecule has 8 nitrogen and oxygen atoms in total. The molecule has 0 aliphatic carbocycles. The van der Waals surface area contributed by atoms with Gasteiger partial charge in [-0.25, -0.2) is 18.7 Å². The molecule has 1 amide bonds. The number of benzene rings is 2. The smallest absolute Gasteiger partial charge is 0.255 e. The van der Waals surface area contributed by atoms with Gasteiger partial charge in [0, 0.05) is 30.1 Å². The molecule has 2 aromatic heterocycles. The van der Waals surface area contributed by atoms with Crippen LogP contribution in [-0.4, -0.2) is 53.6 Å². The van der Waals surface area contributed by atoms with Crippen molar-refractivity contribution in [1.29, 1.82) is 0 Å². The average Bonchev–Trinajstić information content (AvgIpc) is 3.28. The van der Waals surface area contributed by atoms with Crippen molar-refractivity contribution in [2.75, 3.05) is 6.54 Å². The van der Waals surface area contributed by atoms with Gasteiger partial charge in [0.05, 0.1) is 18.2 Å². The first-order valence-corrected chi connectivity index (χ1v) is 10.4. The Kier molecular flexibility index (Phi) is 6.43. The number of hydrogen-bond donors (Lipinski definition) is 0. The van der Waals surface area contributed by atoms with Crippen molar-refractivity contribution in [2.24, 2.45) is 0 Å². The quantitative estimate of drug-likeness (QED) is 0.428. The molecular weight excluding hydrogens is 428 g/mol. The fourth-order valence-electron chi connectivity index (χ4n) is 3.51. The first-order valence-electron chi connectivity index (χ1n) is 10.4. The third kappa shape index (κ3) is 4.89. The summed E-state index contributed by atoms with van der Waals surface area (Å²) in [6, 6.07) is 11.1. The van der Waals surface area contributed by atoms with Crippen LogP contribution in [-0.2, 0) is 6.54 Å². The third-order valence-corrected chi connectivity index (χ3v) is 5.14. The number of hydrogen-bond acceptors (Lipinski definition) is 6. The number of likely N-dealkylation sites (N-methyl/N-ethyl adjacent to an activating group) is 1. The second-order valence-electron chi connectivity index (χ2n) is 7.38. The molecule has 0 aliphatic heterocycles. The van der Waals surface area contributed by atoms with Crippen LogP contribution >= 0.6 is 0 Å². The predicted molar refractivity (Wildman–Crippen MR) is 117 cm³/mol. The van der Waals surface area contributed by atoms with Crippen LogP contribution in [0.1, 0.15) is 24.2 Å². The van der Waals surface area contributed by atoms with Gasteiger partial charge in [0.1, 0.15) is 11.6 Å². The number of halogens is 2. The summed E-state index contributed by atoms with van der Waals surface area (Å²) in [4.78, 5) is 24.8. The van der Waals surface area contributed by atoms with E-state index in [1.807, 2.05) is 13.8 Å². The van der Waals surface area contributed by atoms with Crippen LogP contribution in [0, 0.1) is 11.6 Å². The van der Waals surface area contributed by atoms with E-state index >= 15 is 0 Å². The van der Waals surface area contributed by atoms with Gasteiger partial charge in [-0.3, -0.25) is 4.79 Å². The van der Waals surface area contributed by atoms with Crippen molar-refractivity contribution in [3.05, 3.63) is 78.1 Å². The number of carbonyl (C=O) groups is 1. The lowest BCUT2D eigenvalue weighted by atomic mass is 10.0. The highest BCUT2D eigenvalue weighted by atomic mass is 19.1. The van der Waals surface area contributed by atoms with E-state index in [4.69, 9.17) is 0 Å². The number of aromatic nitrogens is 6. The Hall–Kier alpha value is -4.08. The van der Waals surface area contributed by atoms with E-state index in [1.165, 1.54) is 35.1 Å². The SMILES string of the molecule is CCN(C(=O)c1cc(F)ccc1-c1ncccn1)C(C)Cn1nnc(-c2ccc(F)cc2)n1. The molecule has 10 heteroatoms. The Morgan fingerprint density at radius 2 is 1.73 bits per heavy atom. The Balaban J connectivity index is 1.56. The number of rotatable bonds is 7. The summed E-state index contributed by atoms with van der Waals surface area (Å²) in [6.45, 7) is 4.33. The molecule has 0 N–H and O–H groups in total. The average molecular weight is 449 g/mol. The minimum atomic E-state index is -0.524. The van der Waals surface area contributed by atoms with Crippen LogP contribution < -0.4 is 0 Å². The largest absolute Gasteiger partial charge is 0.334 e. The molecule has 0 spiro atoms. The Morgan fingerprint density at radius 3 is 2.42 bits per heavy atom. The molecule has 4 rings (SSSR count). The maximum absolute atomic E-state index is 14.1. The van der Waals surface area contributed by atoms with E-state index < -0.39 is 5.82 Å². The number of amides is 1. The molecule has 0 aliphatic rings. The highest BCUT2D eigenvalue weighted by molar-refractivity contribution is 6.00. The molecule has 0 bridgehead atoms. The standard InChI is InChI=1S/C23H21F2N7O/c1-3-31(15(2)14-32-29-21(28-30-32)16-5-7-17(24)8-6-16)23(33)20-13-18(25)9-10-19(20)22-26-11-4-12-27-22/h4-13,15H,3,14H2,1-2H3. The van der Waals surface area contributed by atoms with E-state index in [0.29, 0.717) is 29.3 Å². The molecule has 0 fully saturated rings. The van der Waals surface area contributed by atoms with Gasteiger partial charge in [-0.15, -0.1) is 10.2 Å². The number of carbonyl (C=O) groups excluding carboxylic acids is 1. The van der Waals surface area contributed by atoms with Crippen molar-refractivity contribution in [3.63, 3.8) is 0 Å². The summed E-state index contributed by atoms with van der Waals surface area (Å²) < 4.78 is 27.2. The summed E-state index contributed by atoms with van der Waals surface area (Å²) in [5.41, 5.74) is 1.25. The third-order valence-electron chi connectivity index (χ3n) is 5.14. The monoisotopic (exact) mass is 449 g/mol. The summed E-state index contributed by atoms with van der Waals surface area (Å²) in [6.07, 6.45) is 3.13. The van der Waals surface area contributed by atoms with Gasteiger partial charge in [0.2, 0.25) is 5.82 Å². The summed E-state index contributed by atoms with van der Waals surface area (Å²) >= 11 is 0. The highest BCUT2D eigenvalue weighted by Crippen LogP contribution is 2.23. The van der Waals surface area contributed by atoms with Crippen molar-refractivity contribution in [2.45, 2.75) is 26.4 Å². The molecular formula is C23H21F2N7O.